The maximum Gasteiger partial charge on any atom is 0.167 e. The molecule has 1 aliphatic heterocycles. The van der Waals surface area contributed by atoms with Crippen molar-refractivity contribution in [3.8, 4) is 5.75 Å². The predicted octanol–water partition coefficient (Wildman–Crippen LogP) is 2.57. The van der Waals surface area contributed by atoms with E-state index in [1.54, 1.807) is 6.20 Å². The van der Waals surface area contributed by atoms with E-state index in [9.17, 15) is 0 Å². The second-order valence-corrected chi connectivity index (χ2v) is 3.36. The first-order chi connectivity index (χ1) is 7.45. The Bertz CT molecular complexity index is 470. The molecule has 0 fully saturated rings. The molecule has 1 aliphatic rings. The van der Waals surface area contributed by atoms with Gasteiger partial charge in [0.15, 0.2) is 6.73 Å². The Kier molecular flexibility index (Phi) is 1.81. The third-order valence-electron chi connectivity index (χ3n) is 2.43. The van der Waals surface area contributed by atoms with E-state index in [0.717, 1.165) is 17.3 Å². The lowest BCUT2D eigenvalue weighted by molar-refractivity contribution is 0.357. The number of fused-ring (bicyclic) bond motifs is 1. The number of pyridine rings is 1. The van der Waals surface area contributed by atoms with E-state index < -0.39 is 0 Å². The maximum atomic E-state index is 5.55. The van der Waals surface area contributed by atoms with Crippen LogP contribution < -0.4 is 9.64 Å². The first-order valence-electron chi connectivity index (χ1n) is 4.85. The molecule has 0 atom stereocenters. The Morgan fingerprint density at radius 3 is 2.80 bits per heavy atom. The Balaban J connectivity index is 2.05. The first kappa shape index (κ1) is 8.29. The smallest absolute Gasteiger partial charge is 0.167 e. The molecule has 0 bridgehead atoms. The van der Waals surface area contributed by atoms with Crippen molar-refractivity contribution in [1.29, 1.82) is 0 Å². The molecular weight excluding hydrogens is 188 g/mol. The average Bonchev–Trinajstić information content (AvgIpc) is 2.74. The third-order valence-corrected chi connectivity index (χ3v) is 2.43. The second-order valence-electron chi connectivity index (χ2n) is 3.36. The van der Waals surface area contributed by atoms with Gasteiger partial charge in [-0.25, -0.2) is 4.98 Å². The maximum absolute atomic E-state index is 5.55. The minimum Gasteiger partial charge on any atom is -0.471 e. The second kappa shape index (κ2) is 3.28. The molecule has 1 aromatic carbocycles. The van der Waals surface area contributed by atoms with Gasteiger partial charge in [-0.2, -0.15) is 0 Å². The normalized spacial score (nSPS) is 13.5. The number of benzene rings is 1. The molecule has 3 rings (SSSR count). The van der Waals surface area contributed by atoms with Crippen LogP contribution >= 0.6 is 0 Å². The summed E-state index contributed by atoms with van der Waals surface area (Å²) in [6.07, 6.45) is 1.79. The van der Waals surface area contributed by atoms with Crippen LogP contribution in [-0.2, 0) is 0 Å². The fourth-order valence-corrected chi connectivity index (χ4v) is 1.71. The van der Waals surface area contributed by atoms with Crippen molar-refractivity contribution in [1.82, 2.24) is 4.98 Å². The van der Waals surface area contributed by atoms with Crippen LogP contribution in [-0.4, -0.2) is 11.7 Å². The molecular formula is C12H10N2O. The molecule has 0 saturated carbocycles. The number of rotatable bonds is 1. The van der Waals surface area contributed by atoms with E-state index in [2.05, 4.69) is 9.88 Å². The zero-order valence-corrected chi connectivity index (χ0v) is 8.13. The minimum absolute atomic E-state index is 0.538. The number of para-hydroxylation sites is 2. The van der Waals surface area contributed by atoms with Gasteiger partial charge < -0.3 is 4.74 Å². The Morgan fingerprint density at radius 2 is 1.93 bits per heavy atom. The lowest BCUT2D eigenvalue weighted by Gasteiger charge is -2.14. The van der Waals surface area contributed by atoms with Gasteiger partial charge in [-0.15, -0.1) is 0 Å². The summed E-state index contributed by atoms with van der Waals surface area (Å²) in [6, 6.07) is 13.8. The average molecular weight is 198 g/mol. The molecule has 3 heteroatoms. The van der Waals surface area contributed by atoms with Crippen molar-refractivity contribution in [2.24, 2.45) is 0 Å². The van der Waals surface area contributed by atoms with Crippen LogP contribution in [0.4, 0.5) is 11.5 Å². The summed E-state index contributed by atoms with van der Waals surface area (Å²) in [7, 11) is 0. The molecule has 0 spiro atoms. The largest absolute Gasteiger partial charge is 0.471 e. The van der Waals surface area contributed by atoms with Gasteiger partial charge in [0, 0.05) is 6.20 Å². The Morgan fingerprint density at radius 1 is 1.07 bits per heavy atom. The summed E-state index contributed by atoms with van der Waals surface area (Å²) in [4.78, 5) is 6.36. The van der Waals surface area contributed by atoms with Crippen LogP contribution in [0.2, 0.25) is 0 Å². The lowest BCUT2D eigenvalue weighted by atomic mass is 10.3. The van der Waals surface area contributed by atoms with E-state index in [0.29, 0.717) is 6.73 Å². The number of hydrogen-bond donors (Lipinski definition) is 0. The summed E-state index contributed by atoms with van der Waals surface area (Å²) < 4.78 is 5.55. The van der Waals surface area contributed by atoms with E-state index in [4.69, 9.17) is 4.74 Å². The number of hydrogen-bond acceptors (Lipinski definition) is 3. The van der Waals surface area contributed by atoms with E-state index >= 15 is 0 Å². The lowest BCUT2D eigenvalue weighted by Crippen LogP contribution is -2.16. The van der Waals surface area contributed by atoms with Crippen molar-refractivity contribution in [3.63, 3.8) is 0 Å². The molecule has 0 saturated heterocycles. The van der Waals surface area contributed by atoms with Crippen molar-refractivity contribution in [2.75, 3.05) is 11.6 Å². The Labute approximate surface area is 87.9 Å². The van der Waals surface area contributed by atoms with Crippen molar-refractivity contribution >= 4 is 11.5 Å². The van der Waals surface area contributed by atoms with E-state index in [1.165, 1.54) is 0 Å². The number of anilines is 2. The first-order valence-corrected chi connectivity index (χ1v) is 4.85. The van der Waals surface area contributed by atoms with Gasteiger partial charge in [0.1, 0.15) is 11.6 Å². The van der Waals surface area contributed by atoms with Gasteiger partial charge in [-0.1, -0.05) is 18.2 Å². The third kappa shape index (κ3) is 1.32. The predicted molar refractivity (Wildman–Crippen MR) is 58.3 cm³/mol. The van der Waals surface area contributed by atoms with E-state index in [-0.39, 0.29) is 0 Å². The molecule has 1 aromatic heterocycles. The Hall–Kier alpha value is -2.03. The van der Waals surface area contributed by atoms with Crippen LogP contribution in [0.3, 0.4) is 0 Å². The summed E-state index contributed by atoms with van der Waals surface area (Å²) >= 11 is 0. The zero-order valence-electron chi connectivity index (χ0n) is 8.13. The number of ether oxygens (including phenoxy) is 1. The van der Waals surface area contributed by atoms with Crippen LogP contribution in [0.1, 0.15) is 0 Å². The molecule has 2 heterocycles. The van der Waals surface area contributed by atoms with Crippen LogP contribution in [0.25, 0.3) is 0 Å². The summed E-state index contributed by atoms with van der Waals surface area (Å²) in [5, 5.41) is 0. The van der Waals surface area contributed by atoms with Gasteiger partial charge in [0.25, 0.3) is 0 Å². The summed E-state index contributed by atoms with van der Waals surface area (Å²) in [6.45, 7) is 0.538. The van der Waals surface area contributed by atoms with Crippen molar-refractivity contribution in [3.05, 3.63) is 48.7 Å². The highest BCUT2D eigenvalue weighted by molar-refractivity contribution is 5.69. The highest BCUT2D eigenvalue weighted by Crippen LogP contribution is 2.37. The standard InChI is InChI=1S/C12H10N2O/c1-2-6-11-10(5-1)14(9-15-11)12-7-3-4-8-13-12/h1-8H,9H2. The zero-order chi connectivity index (χ0) is 10.1. The molecule has 15 heavy (non-hydrogen) atoms. The van der Waals surface area contributed by atoms with Crippen molar-refractivity contribution < 1.29 is 4.74 Å². The van der Waals surface area contributed by atoms with Gasteiger partial charge in [-0.05, 0) is 24.3 Å². The minimum atomic E-state index is 0.538. The molecule has 0 N–H and O–H groups in total. The monoisotopic (exact) mass is 198 g/mol. The fraction of sp³-hybridized carbons (Fsp3) is 0.0833. The molecule has 0 amide bonds. The summed E-state index contributed by atoms with van der Waals surface area (Å²) in [5.74, 6) is 1.84. The molecule has 2 aromatic rings. The van der Waals surface area contributed by atoms with E-state index in [1.807, 2.05) is 42.5 Å². The molecule has 0 unspecified atom stereocenters. The van der Waals surface area contributed by atoms with Gasteiger partial charge in [-0.3, -0.25) is 4.90 Å². The van der Waals surface area contributed by atoms with Gasteiger partial charge >= 0.3 is 0 Å². The highest BCUT2D eigenvalue weighted by atomic mass is 16.5. The molecule has 74 valence electrons. The molecule has 0 radical (unpaired) electrons. The van der Waals surface area contributed by atoms with Crippen LogP contribution in [0.15, 0.2) is 48.7 Å². The number of nitrogens with zero attached hydrogens (tertiary/aromatic N) is 2. The van der Waals surface area contributed by atoms with Crippen molar-refractivity contribution in [2.45, 2.75) is 0 Å². The van der Waals surface area contributed by atoms with Crippen LogP contribution in [0.5, 0.6) is 5.75 Å². The SMILES string of the molecule is c1ccc(N2COc3ccccc32)nc1. The quantitative estimate of drug-likeness (QED) is 0.704. The van der Waals surface area contributed by atoms with Crippen LogP contribution in [0, 0.1) is 0 Å². The number of aromatic nitrogens is 1. The van der Waals surface area contributed by atoms with Gasteiger partial charge in [0.05, 0.1) is 5.69 Å². The fourth-order valence-electron chi connectivity index (χ4n) is 1.71. The molecule has 3 nitrogen and oxygen atoms in total. The van der Waals surface area contributed by atoms with Gasteiger partial charge in [0.2, 0.25) is 0 Å². The highest BCUT2D eigenvalue weighted by Gasteiger charge is 2.21. The summed E-state index contributed by atoms with van der Waals surface area (Å²) in [5.41, 5.74) is 1.08. The molecule has 0 aliphatic carbocycles. The topological polar surface area (TPSA) is 25.4 Å².